The number of hydrogen-bond donors (Lipinski definition) is 1. The molecular weight excluding hydrogens is 346 g/mol. The van der Waals surface area contributed by atoms with Crippen molar-refractivity contribution in [3.8, 4) is 5.69 Å². The predicted molar refractivity (Wildman–Crippen MR) is 94.6 cm³/mol. The molecule has 0 unspecified atom stereocenters. The summed E-state index contributed by atoms with van der Waals surface area (Å²) in [6.07, 6.45) is 0. The van der Waals surface area contributed by atoms with Gasteiger partial charge in [0, 0.05) is 10.7 Å². The number of para-hydroxylation sites is 1. The fourth-order valence-electron chi connectivity index (χ4n) is 1.97. The smallest absolute Gasteiger partial charge is 0.237 e. The maximum atomic E-state index is 12.3. The highest BCUT2D eigenvalue weighted by atomic mass is 35.5. The Morgan fingerprint density at radius 3 is 2.58 bits per heavy atom. The van der Waals surface area contributed by atoms with Crippen LogP contribution in [0.4, 0.5) is 5.69 Å². The molecule has 24 heavy (non-hydrogen) atoms. The van der Waals surface area contributed by atoms with Crippen molar-refractivity contribution in [2.45, 2.75) is 17.3 Å². The van der Waals surface area contributed by atoms with E-state index in [4.69, 9.17) is 11.6 Å². The van der Waals surface area contributed by atoms with Gasteiger partial charge in [0.15, 0.2) is 0 Å². The minimum Gasteiger partial charge on any atom is -0.325 e. The molecule has 1 atom stereocenters. The molecule has 6 nitrogen and oxygen atoms in total. The molecule has 1 heterocycles. The summed E-state index contributed by atoms with van der Waals surface area (Å²) in [6, 6.07) is 16.5. The molecule has 0 aliphatic rings. The SMILES string of the molecule is C[C@@H](Sc1nnnn1-c1ccc(Cl)cc1)C(=O)Nc1ccccc1. The van der Waals surface area contributed by atoms with E-state index >= 15 is 0 Å². The van der Waals surface area contributed by atoms with Crippen molar-refractivity contribution in [2.24, 2.45) is 0 Å². The Bertz CT molecular complexity index is 822. The highest BCUT2D eigenvalue weighted by molar-refractivity contribution is 8.00. The van der Waals surface area contributed by atoms with Crippen molar-refractivity contribution >= 4 is 35.0 Å². The number of aromatic nitrogens is 4. The van der Waals surface area contributed by atoms with Crippen LogP contribution in [0.5, 0.6) is 0 Å². The Labute approximate surface area is 148 Å². The van der Waals surface area contributed by atoms with Gasteiger partial charge in [0.2, 0.25) is 11.1 Å². The van der Waals surface area contributed by atoms with E-state index in [0.29, 0.717) is 10.2 Å². The third-order valence-corrected chi connectivity index (χ3v) is 4.49. The number of halogens is 1. The molecule has 0 aliphatic carbocycles. The summed E-state index contributed by atoms with van der Waals surface area (Å²) in [5.41, 5.74) is 1.54. The van der Waals surface area contributed by atoms with E-state index in [2.05, 4.69) is 20.8 Å². The molecule has 122 valence electrons. The van der Waals surface area contributed by atoms with Crippen molar-refractivity contribution in [3.63, 3.8) is 0 Å². The lowest BCUT2D eigenvalue weighted by Crippen LogP contribution is -2.22. The standard InChI is InChI=1S/C16H14ClN5OS/c1-11(15(23)18-13-5-3-2-4-6-13)24-16-19-20-21-22(16)14-9-7-12(17)8-10-14/h2-11H,1H3,(H,18,23)/t11-/m1/s1. The van der Waals surface area contributed by atoms with Crippen LogP contribution in [0.2, 0.25) is 5.02 Å². The Morgan fingerprint density at radius 1 is 1.17 bits per heavy atom. The van der Waals surface area contributed by atoms with E-state index in [1.54, 1.807) is 16.8 Å². The fourth-order valence-corrected chi connectivity index (χ4v) is 2.91. The van der Waals surface area contributed by atoms with Gasteiger partial charge in [0.1, 0.15) is 0 Å². The molecule has 0 bridgehead atoms. The van der Waals surface area contributed by atoms with Crippen molar-refractivity contribution < 1.29 is 4.79 Å². The van der Waals surface area contributed by atoms with E-state index in [-0.39, 0.29) is 11.2 Å². The zero-order valence-corrected chi connectivity index (χ0v) is 14.3. The van der Waals surface area contributed by atoms with Gasteiger partial charge in [-0.15, -0.1) is 5.10 Å². The van der Waals surface area contributed by atoms with Gasteiger partial charge in [0.25, 0.3) is 0 Å². The van der Waals surface area contributed by atoms with Crippen LogP contribution in [-0.2, 0) is 4.79 Å². The number of benzene rings is 2. The van der Waals surface area contributed by atoms with E-state index in [9.17, 15) is 4.79 Å². The molecule has 0 aliphatic heterocycles. The monoisotopic (exact) mass is 359 g/mol. The first-order valence-corrected chi connectivity index (χ1v) is 8.46. The van der Waals surface area contributed by atoms with Crippen LogP contribution >= 0.6 is 23.4 Å². The Kier molecular flexibility index (Phi) is 5.12. The molecule has 0 radical (unpaired) electrons. The lowest BCUT2D eigenvalue weighted by molar-refractivity contribution is -0.115. The molecule has 2 aromatic carbocycles. The van der Waals surface area contributed by atoms with Gasteiger partial charge in [-0.25, -0.2) is 0 Å². The van der Waals surface area contributed by atoms with Crippen molar-refractivity contribution in [3.05, 3.63) is 59.6 Å². The van der Waals surface area contributed by atoms with E-state index < -0.39 is 0 Å². The Hall–Kier alpha value is -2.38. The van der Waals surface area contributed by atoms with Crippen molar-refractivity contribution in [2.75, 3.05) is 5.32 Å². The Balaban J connectivity index is 1.71. The number of tetrazole rings is 1. The summed E-state index contributed by atoms with van der Waals surface area (Å²) in [4.78, 5) is 12.3. The van der Waals surface area contributed by atoms with Crippen LogP contribution in [0, 0.1) is 0 Å². The van der Waals surface area contributed by atoms with E-state index in [1.807, 2.05) is 49.4 Å². The molecule has 1 amide bonds. The first-order valence-electron chi connectivity index (χ1n) is 7.20. The minimum absolute atomic E-state index is 0.114. The summed E-state index contributed by atoms with van der Waals surface area (Å²) in [6.45, 7) is 1.81. The third-order valence-electron chi connectivity index (χ3n) is 3.20. The summed E-state index contributed by atoms with van der Waals surface area (Å²) in [7, 11) is 0. The van der Waals surface area contributed by atoms with Gasteiger partial charge in [-0.1, -0.05) is 41.6 Å². The summed E-state index contributed by atoms with van der Waals surface area (Å²) in [5.74, 6) is -0.114. The summed E-state index contributed by atoms with van der Waals surface area (Å²) in [5, 5.41) is 15.3. The number of carbonyl (C=O) groups excluding carboxylic acids is 1. The first kappa shape index (κ1) is 16.5. The predicted octanol–water partition coefficient (Wildman–Crippen LogP) is 3.44. The average Bonchev–Trinajstić information content (AvgIpc) is 3.04. The normalized spacial score (nSPS) is 11.9. The van der Waals surface area contributed by atoms with Gasteiger partial charge in [-0.05, 0) is 53.7 Å². The number of amides is 1. The molecule has 8 heteroatoms. The summed E-state index contributed by atoms with van der Waals surface area (Å²) >= 11 is 7.18. The van der Waals surface area contributed by atoms with Gasteiger partial charge in [-0.3, -0.25) is 4.79 Å². The second kappa shape index (κ2) is 7.46. The number of hydrogen-bond acceptors (Lipinski definition) is 5. The van der Waals surface area contributed by atoms with Gasteiger partial charge in [0.05, 0.1) is 10.9 Å². The first-order chi connectivity index (χ1) is 11.6. The van der Waals surface area contributed by atoms with Gasteiger partial charge < -0.3 is 5.32 Å². The molecule has 0 saturated heterocycles. The molecule has 1 N–H and O–H groups in total. The van der Waals surface area contributed by atoms with Crippen LogP contribution < -0.4 is 5.32 Å². The average molecular weight is 360 g/mol. The lowest BCUT2D eigenvalue weighted by Gasteiger charge is -2.11. The highest BCUT2D eigenvalue weighted by Gasteiger charge is 2.19. The van der Waals surface area contributed by atoms with E-state index in [0.717, 1.165) is 11.4 Å². The fraction of sp³-hybridized carbons (Fsp3) is 0.125. The van der Waals surface area contributed by atoms with Crippen LogP contribution in [0.1, 0.15) is 6.92 Å². The largest absolute Gasteiger partial charge is 0.325 e. The van der Waals surface area contributed by atoms with E-state index in [1.165, 1.54) is 11.8 Å². The van der Waals surface area contributed by atoms with Crippen LogP contribution in [0.15, 0.2) is 59.8 Å². The molecule has 0 spiro atoms. The maximum absolute atomic E-state index is 12.3. The Morgan fingerprint density at radius 2 is 1.88 bits per heavy atom. The van der Waals surface area contributed by atoms with Crippen LogP contribution in [0.3, 0.4) is 0 Å². The maximum Gasteiger partial charge on any atom is 0.237 e. The lowest BCUT2D eigenvalue weighted by atomic mass is 10.3. The number of nitrogens with zero attached hydrogens (tertiary/aromatic N) is 4. The number of carbonyl (C=O) groups is 1. The van der Waals surface area contributed by atoms with Crippen molar-refractivity contribution in [1.29, 1.82) is 0 Å². The third kappa shape index (κ3) is 3.93. The minimum atomic E-state index is -0.359. The molecule has 0 fully saturated rings. The summed E-state index contributed by atoms with van der Waals surface area (Å²) < 4.78 is 1.58. The highest BCUT2D eigenvalue weighted by Crippen LogP contribution is 2.24. The second-order valence-corrected chi connectivity index (χ2v) is 6.71. The number of anilines is 1. The number of rotatable bonds is 5. The van der Waals surface area contributed by atoms with Crippen LogP contribution in [-0.4, -0.2) is 31.4 Å². The number of thioether (sulfide) groups is 1. The molecular formula is C16H14ClN5OS. The topological polar surface area (TPSA) is 72.7 Å². The van der Waals surface area contributed by atoms with Gasteiger partial charge in [-0.2, -0.15) is 4.68 Å². The zero-order chi connectivity index (χ0) is 16.9. The van der Waals surface area contributed by atoms with Crippen molar-refractivity contribution in [1.82, 2.24) is 20.2 Å². The quantitative estimate of drug-likeness (QED) is 0.706. The van der Waals surface area contributed by atoms with Gasteiger partial charge >= 0.3 is 0 Å². The molecule has 1 aromatic heterocycles. The molecule has 0 saturated carbocycles. The van der Waals surface area contributed by atoms with Crippen LogP contribution in [0.25, 0.3) is 5.69 Å². The number of nitrogens with one attached hydrogen (secondary N) is 1. The molecule has 3 aromatic rings. The zero-order valence-electron chi connectivity index (χ0n) is 12.8. The second-order valence-electron chi connectivity index (χ2n) is 4.97. The molecule has 3 rings (SSSR count).